The molecule has 0 saturated carbocycles. The van der Waals surface area contributed by atoms with Crippen LogP contribution in [0.2, 0.25) is 0 Å². The molecular weight excluding hydrogens is 245 g/mol. The highest BCUT2D eigenvalue weighted by Gasteiger charge is 2.32. The summed E-state index contributed by atoms with van der Waals surface area (Å²) in [6.45, 7) is 2.71. The monoisotopic (exact) mass is 260 g/mol. The summed E-state index contributed by atoms with van der Waals surface area (Å²) in [7, 11) is 0. The molecule has 1 aliphatic heterocycles. The first-order valence-electron chi connectivity index (χ1n) is 5.89. The summed E-state index contributed by atoms with van der Waals surface area (Å²) in [5.41, 5.74) is -0.919. The molecule has 0 amide bonds. The number of alkyl halides is 3. The van der Waals surface area contributed by atoms with Crippen molar-refractivity contribution in [3.8, 4) is 5.88 Å². The first-order valence-corrected chi connectivity index (χ1v) is 5.89. The van der Waals surface area contributed by atoms with Crippen molar-refractivity contribution in [2.24, 2.45) is 0 Å². The van der Waals surface area contributed by atoms with Crippen molar-refractivity contribution in [1.82, 2.24) is 10.3 Å². The lowest BCUT2D eigenvalue weighted by molar-refractivity contribution is -0.141. The van der Waals surface area contributed by atoms with Gasteiger partial charge in [0.2, 0.25) is 5.88 Å². The summed E-state index contributed by atoms with van der Waals surface area (Å²) in [5.74, 6) is 0.0335. The molecule has 6 heteroatoms. The molecule has 1 aromatic heterocycles. The quantitative estimate of drug-likeness (QED) is 0.887. The summed E-state index contributed by atoms with van der Waals surface area (Å²) < 4.78 is 42.9. The van der Waals surface area contributed by atoms with Gasteiger partial charge in [-0.05, 0) is 25.8 Å². The number of ether oxygens (including phenoxy) is 1. The smallest absolute Gasteiger partial charge is 0.433 e. The van der Waals surface area contributed by atoms with E-state index in [4.69, 9.17) is 4.74 Å². The summed E-state index contributed by atoms with van der Waals surface area (Å²) in [6, 6.07) is 4.13. The normalized spacial score (nSPS) is 24.9. The largest absolute Gasteiger partial charge is 0.473 e. The van der Waals surface area contributed by atoms with Crippen LogP contribution in [0.3, 0.4) is 0 Å². The van der Waals surface area contributed by atoms with Gasteiger partial charge in [-0.1, -0.05) is 6.07 Å². The van der Waals surface area contributed by atoms with Gasteiger partial charge in [0.25, 0.3) is 0 Å². The highest BCUT2D eigenvalue weighted by atomic mass is 19.4. The van der Waals surface area contributed by atoms with Crippen molar-refractivity contribution in [2.45, 2.75) is 38.1 Å². The van der Waals surface area contributed by atoms with Crippen LogP contribution in [-0.2, 0) is 6.18 Å². The summed E-state index contributed by atoms with van der Waals surface area (Å²) >= 11 is 0. The molecule has 100 valence electrons. The van der Waals surface area contributed by atoms with Crippen LogP contribution >= 0.6 is 0 Å². The maximum Gasteiger partial charge on any atom is 0.433 e. The Morgan fingerprint density at radius 3 is 2.72 bits per heavy atom. The maximum atomic E-state index is 12.5. The van der Waals surface area contributed by atoms with Gasteiger partial charge in [0, 0.05) is 18.7 Å². The van der Waals surface area contributed by atoms with Crippen LogP contribution in [0.25, 0.3) is 0 Å². The number of hydrogen-bond acceptors (Lipinski definition) is 3. The molecule has 2 atom stereocenters. The minimum Gasteiger partial charge on any atom is -0.473 e. The van der Waals surface area contributed by atoms with E-state index >= 15 is 0 Å². The molecule has 1 aromatic rings. The Labute approximate surface area is 103 Å². The van der Waals surface area contributed by atoms with Crippen molar-refractivity contribution >= 4 is 0 Å². The van der Waals surface area contributed by atoms with Crippen molar-refractivity contribution in [1.29, 1.82) is 0 Å². The molecule has 0 spiro atoms. The van der Waals surface area contributed by atoms with Crippen molar-refractivity contribution in [2.75, 3.05) is 6.54 Å². The van der Waals surface area contributed by atoms with Crippen LogP contribution in [-0.4, -0.2) is 23.7 Å². The van der Waals surface area contributed by atoms with Crippen LogP contribution in [0.5, 0.6) is 5.88 Å². The Balaban J connectivity index is 2.01. The standard InChI is InChI=1S/C12H15F3N2O/c1-8-5-6-9(7-16-8)18-11-4-2-3-10(17-11)12(13,14)15/h2-4,8-9,16H,5-7H2,1H3/t8-,9+/m1/s1. The molecule has 0 radical (unpaired) electrons. The first kappa shape index (κ1) is 13.1. The van der Waals surface area contributed by atoms with E-state index in [9.17, 15) is 13.2 Å². The van der Waals surface area contributed by atoms with Gasteiger partial charge in [0.15, 0.2) is 0 Å². The van der Waals surface area contributed by atoms with Crippen LogP contribution in [0.15, 0.2) is 18.2 Å². The van der Waals surface area contributed by atoms with Crippen LogP contribution in [0, 0.1) is 0 Å². The maximum absolute atomic E-state index is 12.5. The van der Waals surface area contributed by atoms with Gasteiger partial charge in [-0.15, -0.1) is 0 Å². The third-order valence-electron chi connectivity index (χ3n) is 2.92. The van der Waals surface area contributed by atoms with E-state index in [1.807, 2.05) is 0 Å². The molecule has 3 nitrogen and oxygen atoms in total. The van der Waals surface area contributed by atoms with Crippen molar-refractivity contribution < 1.29 is 17.9 Å². The summed E-state index contributed by atoms with van der Waals surface area (Å²) in [4.78, 5) is 3.48. The Kier molecular flexibility index (Phi) is 3.75. The highest BCUT2D eigenvalue weighted by molar-refractivity contribution is 5.18. The van der Waals surface area contributed by atoms with Gasteiger partial charge in [0.05, 0.1) is 0 Å². The zero-order valence-corrected chi connectivity index (χ0v) is 10.00. The molecule has 2 heterocycles. The Bertz CT molecular complexity index is 401. The number of aromatic nitrogens is 1. The fourth-order valence-corrected chi connectivity index (χ4v) is 1.88. The Hall–Kier alpha value is -1.30. The lowest BCUT2D eigenvalue weighted by atomic mass is 10.0. The zero-order chi connectivity index (χ0) is 13.2. The second-order valence-corrected chi connectivity index (χ2v) is 4.49. The average Bonchev–Trinajstić information content (AvgIpc) is 2.31. The van der Waals surface area contributed by atoms with E-state index in [0.717, 1.165) is 18.9 Å². The topological polar surface area (TPSA) is 34.1 Å². The number of piperidine rings is 1. The van der Waals surface area contributed by atoms with Crippen molar-refractivity contribution in [3.63, 3.8) is 0 Å². The van der Waals surface area contributed by atoms with Gasteiger partial charge in [-0.25, -0.2) is 4.98 Å². The number of rotatable bonds is 2. The van der Waals surface area contributed by atoms with Gasteiger partial charge >= 0.3 is 6.18 Å². The molecule has 18 heavy (non-hydrogen) atoms. The molecule has 2 rings (SSSR count). The fraction of sp³-hybridized carbons (Fsp3) is 0.583. The van der Waals surface area contributed by atoms with Gasteiger partial charge in [-0.3, -0.25) is 0 Å². The SMILES string of the molecule is C[C@@H]1CC[C@H](Oc2cccc(C(F)(F)F)n2)CN1. The first-order chi connectivity index (χ1) is 8.45. The minimum atomic E-state index is -4.43. The van der Waals surface area contributed by atoms with Gasteiger partial charge in [0.1, 0.15) is 11.8 Å². The minimum absolute atomic E-state index is 0.0335. The molecular formula is C12H15F3N2O. The highest BCUT2D eigenvalue weighted by Crippen LogP contribution is 2.29. The summed E-state index contributed by atoms with van der Waals surface area (Å²) in [5, 5.41) is 3.22. The number of pyridine rings is 1. The van der Waals surface area contributed by atoms with Crippen molar-refractivity contribution in [3.05, 3.63) is 23.9 Å². The zero-order valence-electron chi connectivity index (χ0n) is 10.00. The number of nitrogens with one attached hydrogen (secondary N) is 1. The van der Waals surface area contributed by atoms with E-state index in [2.05, 4.69) is 17.2 Å². The predicted octanol–water partition coefficient (Wildman–Crippen LogP) is 2.62. The second-order valence-electron chi connectivity index (χ2n) is 4.49. The second kappa shape index (κ2) is 5.14. The summed E-state index contributed by atoms with van der Waals surface area (Å²) in [6.07, 6.45) is -2.77. The number of hydrogen-bond donors (Lipinski definition) is 1. The number of nitrogens with zero attached hydrogens (tertiary/aromatic N) is 1. The third-order valence-corrected chi connectivity index (χ3v) is 2.92. The lowest BCUT2D eigenvalue weighted by Crippen LogP contribution is -2.42. The Morgan fingerprint density at radius 1 is 1.33 bits per heavy atom. The molecule has 1 N–H and O–H groups in total. The molecule has 0 aromatic carbocycles. The van der Waals surface area contributed by atoms with Gasteiger partial charge in [-0.2, -0.15) is 13.2 Å². The molecule has 0 unspecified atom stereocenters. The van der Waals surface area contributed by atoms with Crippen LogP contribution < -0.4 is 10.1 Å². The van der Waals surface area contributed by atoms with E-state index < -0.39 is 11.9 Å². The Morgan fingerprint density at radius 2 is 2.11 bits per heavy atom. The van der Waals surface area contributed by atoms with E-state index in [-0.39, 0.29) is 12.0 Å². The van der Waals surface area contributed by atoms with Crippen LogP contribution in [0.4, 0.5) is 13.2 Å². The van der Waals surface area contributed by atoms with Gasteiger partial charge < -0.3 is 10.1 Å². The number of halogens is 3. The average molecular weight is 260 g/mol. The molecule has 0 aliphatic carbocycles. The fourth-order valence-electron chi connectivity index (χ4n) is 1.88. The molecule has 1 saturated heterocycles. The van der Waals surface area contributed by atoms with E-state index in [0.29, 0.717) is 12.6 Å². The molecule has 1 aliphatic rings. The van der Waals surface area contributed by atoms with Crippen LogP contribution in [0.1, 0.15) is 25.5 Å². The third kappa shape index (κ3) is 3.35. The van der Waals surface area contributed by atoms with E-state index in [1.165, 1.54) is 12.1 Å². The van der Waals surface area contributed by atoms with E-state index in [1.54, 1.807) is 0 Å². The molecule has 0 bridgehead atoms. The predicted molar refractivity (Wildman–Crippen MR) is 60.4 cm³/mol. The lowest BCUT2D eigenvalue weighted by Gasteiger charge is -2.27. The molecule has 1 fully saturated rings.